The van der Waals surface area contributed by atoms with Crippen LogP contribution < -0.4 is 10.5 Å². The maximum Gasteiger partial charge on any atom is 0.124 e. The Hall–Kier alpha value is -1.22. The fraction of sp³-hybridized carbons (Fsp3) is 0.250. The molecule has 0 heterocycles. The predicted molar refractivity (Wildman–Crippen MR) is 84.8 cm³/mol. The van der Waals surface area contributed by atoms with Gasteiger partial charge in [-0.25, -0.2) is 0 Å². The molecular formula is C16H17Cl2NO. The lowest BCUT2D eigenvalue weighted by molar-refractivity contribution is 0.335. The largest absolute Gasteiger partial charge is 0.494 e. The first-order valence-corrected chi connectivity index (χ1v) is 7.22. The molecule has 0 aliphatic heterocycles. The molecule has 1 unspecified atom stereocenters. The molecule has 0 fully saturated rings. The third kappa shape index (κ3) is 3.26. The Morgan fingerprint density at radius 3 is 2.50 bits per heavy atom. The molecule has 0 radical (unpaired) electrons. The van der Waals surface area contributed by atoms with Gasteiger partial charge in [0.1, 0.15) is 5.75 Å². The van der Waals surface area contributed by atoms with Crippen molar-refractivity contribution in [3.05, 3.63) is 63.1 Å². The van der Waals surface area contributed by atoms with Crippen LogP contribution in [0.1, 0.15) is 29.7 Å². The summed E-state index contributed by atoms with van der Waals surface area (Å²) < 4.78 is 5.65. The zero-order valence-corrected chi connectivity index (χ0v) is 13.0. The molecule has 0 amide bonds. The molecule has 2 nitrogen and oxygen atoms in total. The second-order valence-corrected chi connectivity index (χ2v) is 5.44. The Morgan fingerprint density at radius 2 is 1.85 bits per heavy atom. The van der Waals surface area contributed by atoms with Crippen LogP contribution in [-0.2, 0) is 0 Å². The summed E-state index contributed by atoms with van der Waals surface area (Å²) in [7, 11) is 0. The van der Waals surface area contributed by atoms with Crippen molar-refractivity contribution in [2.75, 3.05) is 6.61 Å². The molecule has 2 aromatic carbocycles. The van der Waals surface area contributed by atoms with Gasteiger partial charge in [0.25, 0.3) is 0 Å². The number of benzene rings is 2. The summed E-state index contributed by atoms with van der Waals surface area (Å²) in [6, 6.07) is 11.1. The monoisotopic (exact) mass is 309 g/mol. The standard InChI is InChI=1S/C16H17Cl2NO/c1-3-20-15-7-4-10(2)8-12(15)16(19)11-5-6-13(17)14(18)9-11/h4-9,16H,3,19H2,1-2H3. The highest BCUT2D eigenvalue weighted by atomic mass is 35.5. The Labute approximate surface area is 129 Å². The minimum Gasteiger partial charge on any atom is -0.494 e. The van der Waals surface area contributed by atoms with Gasteiger partial charge in [-0.05, 0) is 37.6 Å². The van der Waals surface area contributed by atoms with Crippen LogP contribution in [0.15, 0.2) is 36.4 Å². The maximum atomic E-state index is 6.35. The van der Waals surface area contributed by atoms with Gasteiger partial charge >= 0.3 is 0 Å². The second kappa shape index (κ2) is 6.49. The second-order valence-electron chi connectivity index (χ2n) is 4.63. The van der Waals surface area contributed by atoms with Crippen LogP contribution in [0.4, 0.5) is 0 Å². The summed E-state index contributed by atoms with van der Waals surface area (Å²) >= 11 is 12.0. The fourth-order valence-corrected chi connectivity index (χ4v) is 2.39. The number of halogens is 2. The molecule has 1 atom stereocenters. The van der Waals surface area contributed by atoms with E-state index in [0.717, 1.165) is 22.4 Å². The van der Waals surface area contributed by atoms with Crippen LogP contribution in [0.25, 0.3) is 0 Å². The minimum absolute atomic E-state index is 0.300. The Balaban J connectivity index is 2.43. The van der Waals surface area contributed by atoms with E-state index in [1.54, 1.807) is 12.1 Å². The van der Waals surface area contributed by atoms with E-state index >= 15 is 0 Å². The van der Waals surface area contributed by atoms with E-state index in [4.69, 9.17) is 33.7 Å². The molecule has 0 aliphatic carbocycles. The molecule has 0 saturated carbocycles. The molecule has 2 N–H and O–H groups in total. The van der Waals surface area contributed by atoms with Crippen molar-refractivity contribution in [3.8, 4) is 5.75 Å². The first kappa shape index (κ1) is 15.2. The van der Waals surface area contributed by atoms with Gasteiger partial charge in [-0.15, -0.1) is 0 Å². The summed E-state index contributed by atoms with van der Waals surface area (Å²) in [6.07, 6.45) is 0. The number of ether oxygens (including phenoxy) is 1. The third-order valence-electron chi connectivity index (χ3n) is 3.10. The van der Waals surface area contributed by atoms with Crippen molar-refractivity contribution in [2.45, 2.75) is 19.9 Å². The van der Waals surface area contributed by atoms with Crippen LogP contribution in [-0.4, -0.2) is 6.61 Å². The van der Waals surface area contributed by atoms with E-state index in [9.17, 15) is 0 Å². The van der Waals surface area contributed by atoms with Crippen molar-refractivity contribution >= 4 is 23.2 Å². The molecular weight excluding hydrogens is 293 g/mol. The van der Waals surface area contributed by atoms with Gasteiger partial charge in [-0.3, -0.25) is 0 Å². The molecule has 2 aromatic rings. The number of aryl methyl sites for hydroxylation is 1. The SMILES string of the molecule is CCOc1ccc(C)cc1C(N)c1ccc(Cl)c(Cl)c1. The smallest absolute Gasteiger partial charge is 0.124 e. The molecule has 0 saturated heterocycles. The van der Waals surface area contributed by atoms with Crippen LogP contribution >= 0.6 is 23.2 Å². The number of rotatable bonds is 4. The number of hydrogen-bond donors (Lipinski definition) is 1. The predicted octanol–water partition coefficient (Wildman–Crippen LogP) is 4.75. The average Bonchev–Trinajstić information content (AvgIpc) is 2.43. The highest BCUT2D eigenvalue weighted by Gasteiger charge is 2.15. The van der Waals surface area contributed by atoms with Gasteiger partial charge in [0.05, 0.1) is 22.7 Å². The van der Waals surface area contributed by atoms with E-state index in [-0.39, 0.29) is 6.04 Å². The van der Waals surface area contributed by atoms with E-state index < -0.39 is 0 Å². The van der Waals surface area contributed by atoms with Crippen molar-refractivity contribution in [3.63, 3.8) is 0 Å². The van der Waals surface area contributed by atoms with Gasteiger partial charge < -0.3 is 10.5 Å². The molecule has 4 heteroatoms. The lowest BCUT2D eigenvalue weighted by atomic mass is 9.97. The average molecular weight is 310 g/mol. The zero-order chi connectivity index (χ0) is 14.7. The van der Waals surface area contributed by atoms with Crippen LogP contribution in [0.5, 0.6) is 5.75 Å². The molecule has 106 valence electrons. The molecule has 0 spiro atoms. The highest BCUT2D eigenvalue weighted by Crippen LogP contribution is 2.32. The van der Waals surface area contributed by atoms with E-state index in [1.165, 1.54) is 0 Å². The topological polar surface area (TPSA) is 35.2 Å². The van der Waals surface area contributed by atoms with Gasteiger partial charge in [0, 0.05) is 5.56 Å². The van der Waals surface area contributed by atoms with Crippen LogP contribution in [0, 0.1) is 6.92 Å². The Morgan fingerprint density at radius 1 is 1.10 bits per heavy atom. The van der Waals surface area contributed by atoms with E-state index in [2.05, 4.69) is 0 Å². The normalized spacial score (nSPS) is 12.2. The summed E-state index contributed by atoms with van der Waals surface area (Å²) in [5, 5.41) is 1.03. The number of nitrogens with two attached hydrogens (primary N) is 1. The molecule has 20 heavy (non-hydrogen) atoms. The summed E-state index contributed by atoms with van der Waals surface area (Å²) in [5.41, 5.74) is 9.35. The van der Waals surface area contributed by atoms with Crippen molar-refractivity contribution in [2.24, 2.45) is 5.73 Å². The Kier molecular flexibility index (Phi) is 4.92. The van der Waals surface area contributed by atoms with E-state index in [1.807, 2.05) is 38.1 Å². The lowest BCUT2D eigenvalue weighted by Crippen LogP contribution is -2.14. The highest BCUT2D eigenvalue weighted by molar-refractivity contribution is 6.42. The van der Waals surface area contributed by atoms with Gasteiger partial charge in [0.15, 0.2) is 0 Å². The first-order chi connectivity index (χ1) is 9.52. The van der Waals surface area contributed by atoms with Crippen molar-refractivity contribution in [1.29, 1.82) is 0 Å². The maximum absolute atomic E-state index is 6.35. The molecule has 0 bridgehead atoms. The molecule has 2 rings (SSSR count). The van der Waals surface area contributed by atoms with E-state index in [0.29, 0.717) is 16.7 Å². The fourth-order valence-electron chi connectivity index (χ4n) is 2.08. The van der Waals surface area contributed by atoms with Gasteiger partial charge in [-0.1, -0.05) is 47.0 Å². The summed E-state index contributed by atoms with van der Waals surface area (Å²) in [6.45, 7) is 4.58. The van der Waals surface area contributed by atoms with Crippen molar-refractivity contribution < 1.29 is 4.74 Å². The molecule has 0 aliphatic rings. The third-order valence-corrected chi connectivity index (χ3v) is 3.84. The summed E-state index contributed by atoms with van der Waals surface area (Å²) in [5.74, 6) is 0.802. The minimum atomic E-state index is -0.300. The quantitative estimate of drug-likeness (QED) is 0.884. The van der Waals surface area contributed by atoms with Gasteiger partial charge in [-0.2, -0.15) is 0 Å². The zero-order valence-electron chi connectivity index (χ0n) is 11.5. The molecule has 0 aromatic heterocycles. The first-order valence-electron chi connectivity index (χ1n) is 6.46. The van der Waals surface area contributed by atoms with Crippen molar-refractivity contribution in [1.82, 2.24) is 0 Å². The summed E-state index contributed by atoms with van der Waals surface area (Å²) in [4.78, 5) is 0. The lowest BCUT2D eigenvalue weighted by Gasteiger charge is -2.18. The number of hydrogen-bond acceptors (Lipinski definition) is 2. The van der Waals surface area contributed by atoms with Gasteiger partial charge in [0.2, 0.25) is 0 Å². The van der Waals surface area contributed by atoms with Crippen LogP contribution in [0.2, 0.25) is 10.0 Å². The van der Waals surface area contributed by atoms with Crippen LogP contribution in [0.3, 0.4) is 0 Å². The Bertz CT molecular complexity index is 613.